The van der Waals surface area contributed by atoms with Crippen molar-refractivity contribution in [2.24, 2.45) is 5.73 Å². The molecule has 2 saturated heterocycles. The van der Waals surface area contributed by atoms with Gasteiger partial charge in [0.2, 0.25) is 0 Å². The fourth-order valence-electron chi connectivity index (χ4n) is 2.53. The van der Waals surface area contributed by atoms with Gasteiger partial charge in [-0.05, 0) is 0 Å². The largest absolute Gasteiger partial charge is 0.379 e. The number of guanidine groups is 1. The Morgan fingerprint density at radius 1 is 0.900 bits per heavy atom. The lowest BCUT2D eigenvalue weighted by atomic mass is 10.3. The monoisotopic (exact) mass is 285 g/mol. The first kappa shape index (κ1) is 15.5. The van der Waals surface area contributed by atoms with Gasteiger partial charge in [-0.3, -0.25) is 15.2 Å². The minimum atomic E-state index is 0.173. The van der Waals surface area contributed by atoms with Gasteiger partial charge in [0.15, 0.2) is 5.96 Å². The molecule has 3 N–H and O–H groups in total. The molecule has 0 atom stereocenters. The summed E-state index contributed by atoms with van der Waals surface area (Å²) >= 11 is 0. The molecular weight excluding hydrogens is 258 g/mol. The predicted octanol–water partition coefficient (Wildman–Crippen LogP) is -1.15. The molecule has 0 saturated carbocycles. The average molecular weight is 285 g/mol. The summed E-state index contributed by atoms with van der Waals surface area (Å²) in [6.07, 6.45) is 0. The lowest BCUT2D eigenvalue weighted by molar-refractivity contribution is 0.0304. The Morgan fingerprint density at radius 2 is 1.30 bits per heavy atom. The number of nitrogens with zero attached hydrogens (tertiary/aromatic N) is 3. The summed E-state index contributed by atoms with van der Waals surface area (Å²) in [4.78, 5) is 6.70. The summed E-state index contributed by atoms with van der Waals surface area (Å²) in [7, 11) is 0. The molecule has 0 bridgehead atoms. The number of ether oxygens (including phenoxy) is 2. The first-order chi connectivity index (χ1) is 9.75. The van der Waals surface area contributed by atoms with Crippen LogP contribution in [0.5, 0.6) is 0 Å². The summed E-state index contributed by atoms with van der Waals surface area (Å²) in [6.45, 7) is 10.7. The Hall–Kier alpha value is -0.890. The van der Waals surface area contributed by atoms with E-state index in [4.69, 9.17) is 20.6 Å². The molecule has 0 amide bonds. The van der Waals surface area contributed by atoms with Gasteiger partial charge in [0.25, 0.3) is 0 Å². The summed E-state index contributed by atoms with van der Waals surface area (Å²) in [5.41, 5.74) is 5.69. The normalized spacial score (nSPS) is 21.8. The second-order valence-corrected chi connectivity index (χ2v) is 5.28. The molecule has 116 valence electrons. The van der Waals surface area contributed by atoms with Crippen molar-refractivity contribution in [1.82, 2.24) is 14.7 Å². The molecule has 7 heteroatoms. The van der Waals surface area contributed by atoms with Gasteiger partial charge >= 0.3 is 0 Å². The summed E-state index contributed by atoms with van der Waals surface area (Å²) in [6, 6.07) is 0. The van der Waals surface area contributed by atoms with E-state index in [2.05, 4.69) is 9.80 Å². The molecule has 0 aliphatic carbocycles. The lowest BCUT2D eigenvalue weighted by Crippen LogP contribution is -2.48. The highest BCUT2D eigenvalue weighted by Gasteiger charge is 2.15. The van der Waals surface area contributed by atoms with Crippen molar-refractivity contribution in [1.29, 1.82) is 5.41 Å². The van der Waals surface area contributed by atoms with Crippen LogP contribution in [0.1, 0.15) is 0 Å². The van der Waals surface area contributed by atoms with E-state index in [-0.39, 0.29) is 5.96 Å². The highest BCUT2D eigenvalue weighted by Crippen LogP contribution is 2.00. The third kappa shape index (κ3) is 5.24. The molecule has 2 aliphatic rings. The number of nitrogens with one attached hydrogen (secondary N) is 1. The average Bonchev–Trinajstić information content (AvgIpc) is 2.49. The van der Waals surface area contributed by atoms with Crippen molar-refractivity contribution in [3.63, 3.8) is 0 Å². The molecule has 2 fully saturated rings. The smallest absolute Gasteiger partial charge is 0.188 e. The first-order valence-corrected chi connectivity index (χ1v) is 7.45. The summed E-state index contributed by atoms with van der Waals surface area (Å²) in [5.74, 6) is 0.173. The maximum Gasteiger partial charge on any atom is 0.188 e. The quantitative estimate of drug-likeness (QED) is 0.474. The van der Waals surface area contributed by atoms with Gasteiger partial charge in [0.1, 0.15) is 0 Å². The second-order valence-electron chi connectivity index (χ2n) is 5.28. The SMILES string of the molecule is N=C(N)N(CCN1CCOCC1)CCN1CCOCC1. The Kier molecular flexibility index (Phi) is 6.52. The molecule has 0 aromatic heterocycles. The first-order valence-electron chi connectivity index (χ1n) is 7.45. The van der Waals surface area contributed by atoms with Gasteiger partial charge in [0, 0.05) is 52.4 Å². The number of rotatable bonds is 6. The van der Waals surface area contributed by atoms with Crippen LogP contribution in [0.4, 0.5) is 0 Å². The van der Waals surface area contributed by atoms with Crippen LogP contribution in [-0.2, 0) is 9.47 Å². The molecule has 0 radical (unpaired) electrons. The molecule has 0 aromatic rings. The topological polar surface area (TPSA) is 78.1 Å². The highest BCUT2D eigenvalue weighted by molar-refractivity contribution is 5.74. The summed E-state index contributed by atoms with van der Waals surface area (Å²) < 4.78 is 10.7. The molecule has 2 rings (SSSR count). The molecule has 0 spiro atoms. The van der Waals surface area contributed by atoms with Crippen LogP contribution >= 0.6 is 0 Å². The zero-order valence-electron chi connectivity index (χ0n) is 12.2. The summed E-state index contributed by atoms with van der Waals surface area (Å²) in [5, 5.41) is 7.70. The number of hydrogen-bond acceptors (Lipinski definition) is 5. The molecule has 2 heterocycles. The third-order valence-corrected chi connectivity index (χ3v) is 3.92. The van der Waals surface area contributed by atoms with E-state index in [1.54, 1.807) is 0 Å². The van der Waals surface area contributed by atoms with Crippen LogP contribution in [0.25, 0.3) is 0 Å². The van der Waals surface area contributed by atoms with E-state index in [9.17, 15) is 0 Å². The van der Waals surface area contributed by atoms with E-state index < -0.39 is 0 Å². The fraction of sp³-hybridized carbons (Fsp3) is 0.923. The van der Waals surface area contributed by atoms with E-state index >= 15 is 0 Å². The maximum absolute atomic E-state index is 7.70. The minimum Gasteiger partial charge on any atom is -0.379 e. The fourth-order valence-corrected chi connectivity index (χ4v) is 2.53. The van der Waals surface area contributed by atoms with Gasteiger partial charge in [0.05, 0.1) is 26.4 Å². The van der Waals surface area contributed by atoms with Crippen molar-refractivity contribution in [3.8, 4) is 0 Å². The lowest BCUT2D eigenvalue weighted by Gasteiger charge is -2.32. The maximum atomic E-state index is 7.70. The number of morpholine rings is 2. The van der Waals surface area contributed by atoms with Gasteiger partial charge in [-0.1, -0.05) is 0 Å². The van der Waals surface area contributed by atoms with Crippen LogP contribution in [0.3, 0.4) is 0 Å². The standard InChI is InChI=1S/C13H27N5O2/c14-13(15)18(3-1-16-5-9-19-10-6-16)4-2-17-7-11-20-12-8-17/h1-12H2,(H3,14,15). The van der Waals surface area contributed by atoms with Crippen LogP contribution in [0.15, 0.2) is 0 Å². The zero-order valence-corrected chi connectivity index (χ0v) is 12.2. The Balaban J connectivity index is 1.67. The molecule has 0 aromatic carbocycles. The number of nitrogens with two attached hydrogens (primary N) is 1. The zero-order chi connectivity index (χ0) is 14.2. The second kappa shape index (κ2) is 8.41. The Bertz CT molecular complexity index is 268. The van der Waals surface area contributed by atoms with Crippen LogP contribution < -0.4 is 5.73 Å². The molecule has 0 unspecified atom stereocenters. The van der Waals surface area contributed by atoms with Gasteiger partial charge in [-0.25, -0.2) is 0 Å². The highest BCUT2D eigenvalue weighted by atomic mass is 16.5. The minimum absolute atomic E-state index is 0.173. The van der Waals surface area contributed by atoms with E-state index in [0.717, 1.165) is 78.8 Å². The van der Waals surface area contributed by atoms with Crippen molar-refractivity contribution in [2.45, 2.75) is 0 Å². The van der Waals surface area contributed by atoms with E-state index in [0.29, 0.717) is 0 Å². The van der Waals surface area contributed by atoms with Crippen LogP contribution in [0.2, 0.25) is 0 Å². The van der Waals surface area contributed by atoms with E-state index in [1.165, 1.54) is 0 Å². The third-order valence-electron chi connectivity index (χ3n) is 3.92. The van der Waals surface area contributed by atoms with Gasteiger partial charge in [-0.15, -0.1) is 0 Å². The predicted molar refractivity (Wildman–Crippen MR) is 78.0 cm³/mol. The van der Waals surface area contributed by atoms with Crippen LogP contribution in [0, 0.1) is 5.41 Å². The van der Waals surface area contributed by atoms with E-state index in [1.807, 2.05) is 4.90 Å². The van der Waals surface area contributed by atoms with Crippen molar-refractivity contribution < 1.29 is 9.47 Å². The molecule has 20 heavy (non-hydrogen) atoms. The Labute approximate surface area is 121 Å². The molecule has 2 aliphatic heterocycles. The van der Waals surface area contributed by atoms with Crippen molar-refractivity contribution >= 4 is 5.96 Å². The van der Waals surface area contributed by atoms with Gasteiger partial charge in [-0.2, -0.15) is 0 Å². The van der Waals surface area contributed by atoms with Crippen molar-refractivity contribution in [2.75, 3.05) is 78.8 Å². The number of hydrogen-bond donors (Lipinski definition) is 2. The molecular formula is C13H27N5O2. The van der Waals surface area contributed by atoms with Crippen LogP contribution in [-0.4, -0.2) is 99.4 Å². The molecule has 7 nitrogen and oxygen atoms in total. The Morgan fingerprint density at radius 3 is 1.65 bits per heavy atom. The van der Waals surface area contributed by atoms with Crippen molar-refractivity contribution in [3.05, 3.63) is 0 Å². The van der Waals surface area contributed by atoms with Gasteiger partial charge < -0.3 is 20.1 Å².